The maximum Gasteiger partial charge on any atom is 0.333 e. The minimum Gasteiger partial charge on any atom is -0.462 e. The molecule has 3 nitrogen and oxygen atoms in total. The fourth-order valence-electron chi connectivity index (χ4n) is 1.84. The molecule has 0 radical (unpaired) electrons. The van der Waals surface area contributed by atoms with Crippen LogP contribution in [0.3, 0.4) is 0 Å². The predicted molar refractivity (Wildman–Crippen MR) is 71.0 cm³/mol. The van der Waals surface area contributed by atoms with E-state index in [9.17, 15) is 9.59 Å². The molecule has 1 heterocycles. The highest BCUT2D eigenvalue weighted by Crippen LogP contribution is 2.25. The van der Waals surface area contributed by atoms with Gasteiger partial charge in [0, 0.05) is 11.5 Å². The summed E-state index contributed by atoms with van der Waals surface area (Å²) >= 11 is 0. The number of carbonyl (C=O) groups is 2. The van der Waals surface area contributed by atoms with Crippen LogP contribution in [0.1, 0.15) is 33.6 Å². The van der Waals surface area contributed by atoms with E-state index in [4.69, 9.17) is 4.74 Å². The molecule has 1 rings (SSSR count). The monoisotopic (exact) mass is 248 g/mol. The van der Waals surface area contributed by atoms with E-state index in [1.807, 2.05) is 20.8 Å². The largest absolute Gasteiger partial charge is 0.462 e. The smallest absolute Gasteiger partial charge is 0.333 e. The quantitative estimate of drug-likeness (QED) is 0.555. The minimum absolute atomic E-state index is 0.0186. The minimum atomic E-state index is -0.290. The van der Waals surface area contributed by atoms with Gasteiger partial charge >= 0.3 is 5.97 Å². The molecule has 0 spiro atoms. The SMILES string of the molecule is C=C1C(=O)OC[C@H]1CC/C(C)=C/C(=O)C=C(C)C. The lowest BCUT2D eigenvalue weighted by molar-refractivity contribution is -0.135. The lowest BCUT2D eigenvalue weighted by Crippen LogP contribution is -2.02. The van der Waals surface area contributed by atoms with E-state index in [0.717, 1.165) is 24.0 Å². The second-order valence-corrected chi connectivity index (χ2v) is 4.97. The van der Waals surface area contributed by atoms with E-state index < -0.39 is 0 Å². The molecular formula is C15H20O3. The zero-order valence-corrected chi connectivity index (χ0v) is 11.3. The van der Waals surface area contributed by atoms with Gasteiger partial charge in [-0.05, 0) is 45.8 Å². The summed E-state index contributed by atoms with van der Waals surface area (Å²) in [7, 11) is 0. The molecule has 1 atom stereocenters. The maximum absolute atomic E-state index is 11.5. The average Bonchev–Trinajstić information content (AvgIpc) is 2.56. The second-order valence-electron chi connectivity index (χ2n) is 4.97. The molecular weight excluding hydrogens is 228 g/mol. The average molecular weight is 248 g/mol. The van der Waals surface area contributed by atoms with Crippen molar-refractivity contribution in [3.63, 3.8) is 0 Å². The van der Waals surface area contributed by atoms with Gasteiger partial charge in [0.2, 0.25) is 0 Å². The molecule has 1 saturated heterocycles. The number of ketones is 1. The Hall–Kier alpha value is -1.64. The van der Waals surface area contributed by atoms with E-state index >= 15 is 0 Å². The molecule has 0 saturated carbocycles. The van der Waals surface area contributed by atoms with Gasteiger partial charge in [0.1, 0.15) is 0 Å². The van der Waals surface area contributed by atoms with Gasteiger partial charge in [-0.25, -0.2) is 4.79 Å². The van der Waals surface area contributed by atoms with Gasteiger partial charge in [-0.3, -0.25) is 4.79 Å². The first-order valence-corrected chi connectivity index (χ1v) is 6.12. The Labute approximate surface area is 108 Å². The van der Waals surface area contributed by atoms with Crippen LogP contribution in [0.15, 0.2) is 35.5 Å². The third kappa shape index (κ3) is 4.32. The van der Waals surface area contributed by atoms with Crippen LogP contribution in [0.2, 0.25) is 0 Å². The van der Waals surface area contributed by atoms with Crippen LogP contribution in [-0.2, 0) is 14.3 Å². The van der Waals surface area contributed by atoms with Crippen molar-refractivity contribution in [1.29, 1.82) is 0 Å². The van der Waals surface area contributed by atoms with Crippen molar-refractivity contribution in [2.75, 3.05) is 6.61 Å². The van der Waals surface area contributed by atoms with Crippen molar-refractivity contribution < 1.29 is 14.3 Å². The lowest BCUT2D eigenvalue weighted by Gasteiger charge is -2.06. The topological polar surface area (TPSA) is 43.4 Å². The molecule has 18 heavy (non-hydrogen) atoms. The van der Waals surface area contributed by atoms with Crippen LogP contribution in [0.25, 0.3) is 0 Å². The van der Waals surface area contributed by atoms with Crippen LogP contribution in [0.5, 0.6) is 0 Å². The molecule has 1 aliphatic rings. The van der Waals surface area contributed by atoms with Crippen LogP contribution < -0.4 is 0 Å². The fourth-order valence-corrected chi connectivity index (χ4v) is 1.84. The first-order chi connectivity index (χ1) is 8.40. The van der Waals surface area contributed by atoms with Gasteiger partial charge in [-0.2, -0.15) is 0 Å². The van der Waals surface area contributed by atoms with Crippen molar-refractivity contribution >= 4 is 11.8 Å². The van der Waals surface area contributed by atoms with E-state index in [1.165, 1.54) is 0 Å². The number of hydrogen-bond donors (Lipinski definition) is 0. The van der Waals surface area contributed by atoms with Crippen molar-refractivity contribution in [2.45, 2.75) is 33.6 Å². The normalized spacial score (nSPS) is 19.7. The Kier molecular flexibility index (Phi) is 5.08. The summed E-state index contributed by atoms with van der Waals surface area (Å²) in [4.78, 5) is 22.7. The van der Waals surface area contributed by atoms with Gasteiger partial charge in [0.05, 0.1) is 6.61 Å². The molecule has 0 bridgehead atoms. The summed E-state index contributed by atoms with van der Waals surface area (Å²) in [6, 6.07) is 0. The van der Waals surface area contributed by atoms with E-state index in [0.29, 0.717) is 12.2 Å². The standard InChI is InChI=1S/C15H20O3/c1-10(2)7-14(16)8-11(3)5-6-13-9-18-15(17)12(13)4/h7-8,13H,4-6,9H2,1-3H3/b11-8+/t13-/m1/s1. The van der Waals surface area contributed by atoms with Crippen molar-refractivity contribution in [1.82, 2.24) is 0 Å². The zero-order valence-electron chi connectivity index (χ0n) is 11.3. The van der Waals surface area contributed by atoms with E-state index in [1.54, 1.807) is 12.2 Å². The summed E-state index contributed by atoms with van der Waals surface area (Å²) in [6.45, 7) is 9.87. The number of hydrogen-bond acceptors (Lipinski definition) is 3. The van der Waals surface area contributed by atoms with E-state index in [-0.39, 0.29) is 17.7 Å². The number of allylic oxidation sites excluding steroid dienone is 4. The molecule has 0 aromatic carbocycles. The van der Waals surface area contributed by atoms with Gasteiger partial charge < -0.3 is 4.74 Å². The zero-order chi connectivity index (χ0) is 13.7. The van der Waals surface area contributed by atoms with Gasteiger partial charge in [0.25, 0.3) is 0 Å². The molecule has 0 aromatic heterocycles. The Morgan fingerprint density at radius 1 is 1.39 bits per heavy atom. The first-order valence-electron chi connectivity index (χ1n) is 6.12. The van der Waals surface area contributed by atoms with Gasteiger partial charge in [0.15, 0.2) is 5.78 Å². The number of carbonyl (C=O) groups excluding carboxylic acids is 2. The summed E-state index contributed by atoms with van der Waals surface area (Å²) in [5.41, 5.74) is 2.57. The fraction of sp³-hybridized carbons (Fsp3) is 0.467. The van der Waals surface area contributed by atoms with Crippen LogP contribution in [0, 0.1) is 5.92 Å². The van der Waals surface area contributed by atoms with Crippen LogP contribution >= 0.6 is 0 Å². The third-order valence-electron chi connectivity index (χ3n) is 2.88. The predicted octanol–water partition coefficient (Wildman–Crippen LogP) is 2.98. The van der Waals surface area contributed by atoms with Gasteiger partial charge in [-0.15, -0.1) is 0 Å². The number of cyclic esters (lactones) is 1. The molecule has 0 N–H and O–H groups in total. The molecule has 0 aromatic rings. The molecule has 3 heteroatoms. The van der Waals surface area contributed by atoms with Crippen LogP contribution in [-0.4, -0.2) is 18.4 Å². The Morgan fingerprint density at radius 2 is 2.06 bits per heavy atom. The Balaban J connectivity index is 2.46. The van der Waals surface area contributed by atoms with Gasteiger partial charge in [-0.1, -0.05) is 17.7 Å². The van der Waals surface area contributed by atoms with Crippen molar-refractivity contribution in [2.24, 2.45) is 5.92 Å². The van der Waals surface area contributed by atoms with Crippen molar-refractivity contribution in [3.05, 3.63) is 35.5 Å². The number of rotatable bonds is 5. The summed E-state index contributed by atoms with van der Waals surface area (Å²) in [5, 5.41) is 0. The molecule has 98 valence electrons. The highest BCUT2D eigenvalue weighted by atomic mass is 16.5. The number of ether oxygens (including phenoxy) is 1. The van der Waals surface area contributed by atoms with Crippen molar-refractivity contribution in [3.8, 4) is 0 Å². The third-order valence-corrected chi connectivity index (χ3v) is 2.88. The molecule has 0 unspecified atom stereocenters. The molecule has 0 aliphatic carbocycles. The molecule has 0 amide bonds. The Morgan fingerprint density at radius 3 is 2.56 bits per heavy atom. The summed E-state index contributed by atoms with van der Waals surface area (Å²) in [6.07, 6.45) is 4.84. The summed E-state index contributed by atoms with van der Waals surface area (Å²) < 4.78 is 4.91. The maximum atomic E-state index is 11.5. The Bertz CT molecular complexity index is 423. The van der Waals surface area contributed by atoms with Crippen LogP contribution in [0.4, 0.5) is 0 Å². The molecule has 1 fully saturated rings. The second kappa shape index (κ2) is 6.34. The first kappa shape index (κ1) is 14.4. The van der Waals surface area contributed by atoms with E-state index in [2.05, 4.69) is 6.58 Å². The number of esters is 1. The highest BCUT2D eigenvalue weighted by molar-refractivity contribution is 6.00. The molecule has 1 aliphatic heterocycles. The summed E-state index contributed by atoms with van der Waals surface area (Å²) in [5.74, 6) is -0.174. The lowest BCUT2D eigenvalue weighted by atomic mass is 9.95. The highest BCUT2D eigenvalue weighted by Gasteiger charge is 2.27.